The number of pyridine rings is 2. The highest BCUT2D eigenvalue weighted by Crippen LogP contribution is 2.23. The lowest BCUT2D eigenvalue weighted by Gasteiger charge is -2.20. The van der Waals surface area contributed by atoms with Crippen LogP contribution in [0.25, 0.3) is 0 Å². The molecular formula is C20H23N5O5. The molecule has 0 bridgehead atoms. The Labute approximate surface area is 173 Å². The minimum Gasteiger partial charge on any atom is -0.456 e. The van der Waals surface area contributed by atoms with E-state index < -0.39 is 6.03 Å². The van der Waals surface area contributed by atoms with Gasteiger partial charge in [0.05, 0.1) is 6.20 Å². The summed E-state index contributed by atoms with van der Waals surface area (Å²) >= 11 is 0. The van der Waals surface area contributed by atoms with Gasteiger partial charge >= 0.3 is 6.03 Å². The van der Waals surface area contributed by atoms with Crippen LogP contribution in [0.2, 0.25) is 0 Å². The second-order valence-corrected chi connectivity index (χ2v) is 6.59. The van der Waals surface area contributed by atoms with Gasteiger partial charge in [-0.25, -0.2) is 14.8 Å². The summed E-state index contributed by atoms with van der Waals surface area (Å²) in [5.41, 5.74) is 0. The second-order valence-electron chi connectivity index (χ2n) is 6.59. The maximum absolute atomic E-state index is 12.1. The van der Waals surface area contributed by atoms with Crippen molar-refractivity contribution in [2.45, 2.75) is 26.2 Å². The van der Waals surface area contributed by atoms with Crippen LogP contribution in [-0.2, 0) is 14.3 Å². The molecule has 2 aromatic heterocycles. The first-order chi connectivity index (χ1) is 14.5. The molecule has 3 rings (SSSR count). The summed E-state index contributed by atoms with van der Waals surface area (Å²) in [5.74, 6) is 0.865. The van der Waals surface area contributed by atoms with Gasteiger partial charge < -0.3 is 14.8 Å². The van der Waals surface area contributed by atoms with Gasteiger partial charge in [-0.05, 0) is 31.0 Å². The molecule has 158 valence electrons. The van der Waals surface area contributed by atoms with Crippen LogP contribution in [0.4, 0.5) is 16.4 Å². The fourth-order valence-corrected chi connectivity index (χ4v) is 2.75. The zero-order chi connectivity index (χ0) is 21.3. The predicted octanol–water partition coefficient (Wildman–Crippen LogP) is 2.69. The molecule has 0 spiro atoms. The molecule has 1 aliphatic rings. The summed E-state index contributed by atoms with van der Waals surface area (Å²) in [6.45, 7) is 2.79. The molecular weight excluding hydrogens is 390 g/mol. The van der Waals surface area contributed by atoms with Crippen molar-refractivity contribution in [3.05, 3.63) is 36.7 Å². The summed E-state index contributed by atoms with van der Waals surface area (Å²) < 4.78 is 10.9. The van der Waals surface area contributed by atoms with Gasteiger partial charge in [0.2, 0.25) is 11.8 Å². The third-order valence-electron chi connectivity index (χ3n) is 4.36. The first-order valence-corrected chi connectivity index (χ1v) is 9.63. The maximum atomic E-state index is 12.1. The molecule has 0 saturated carbocycles. The van der Waals surface area contributed by atoms with Crippen molar-refractivity contribution in [1.29, 1.82) is 0 Å². The smallest absolute Gasteiger partial charge is 0.327 e. The molecule has 0 radical (unpaired) electrons. The highest BCUT2D eigenvalue weighted by Gasteiger charge is 2.23. The van der Waals surface area contributed by atoms with E-state index in [0.717, 1.165) is 0 Å². The standard InChI is InChI=1S/C20H23N5O5/c1-2-18(26)23-17-11-14(5-8-21-17)30-15-3-4-16(22-12-15)24-20(28)25-19(27)13-6-9-29-10-7-13/h3-5,8,11-13H,2,6-7,9-10H2,1H3,(H,21,23,26)(H2,22,24,25,27,28). The molecule has 3 heterocycles. The van der Waals surface area contributed by atoms with Crippen LogP contribution in [0.3, 0.4) is 0 Å². The lowest BCUT2D eigenvalue weighted by molar-refractivity contribution is -0.126. The number of carbonyl (C=O) groups is 3. The molecule has 10 heteroatoms. The van der Waals surface area contributed by atoms with Crippen molar-refractivity contribution in [3.8, 4) is 11.5 Å². The van der Waals surface area contributed by atoms with Crippen LogP contribution in [0.5, 0.6) is 11.5 Å². The summed E-state index contributed by atoms with van der Waals surface area (Å²) in [5, 5.41) is 7.49. The fraction of sp³-hybridized carbons (Fsp3) is 0.350. The molecule has 4 amide bonds. The minimum absolute atomic E-state index is 0.148. The number of rotatable bonds is 6. The molecule has 3 N–H and O–H groups in total. The van der Waals surface area contributed by atoms with Crippen molar-refractivity contribution in [1.82, 2.24) is 15.3 Å². The van der Waals surface area contributed by atoms with Crippen LogP contribution in [0.1, 0.15) is 26.2 Å². The number of nitrogens with zero attached hydrogens (tertiary/aromatic N) is 2. The number of hydrogen-bond acceptors (Lipinski definition) is 7. The van der Waals surface area contributed by atoms with E-state index in [-0.39, 0.29) is 23.6 Å². The lowest BCUT2D eigenvalue weighted by atomic mass is 10.00. The Morgan fingerprint density at radius 2 is 1.87 bits per heavy atom. The zero-order valence-corrected chi connectivity index (χ0v) is 16.5. The molecule has 0 unspecified atom stereocenters. The Hall–Kier alpha value is -3.53. The Morgan fingerprint density at radius 1 is 1.07 bits per heavy atom. The van der Waals surface area contributed by atoms with E-state index in [1.807, 2.05) is 0 Å². The van der Waals surface area contributed by atoms with Crippen molar-refractivity contribution < 1.29 is 23.9 Å². The average molecular weight is 413 g/mol. The first-order valence-electron chi connectivity index (χ1n) is 9.63. The molecule has 1 fully saturated rings. The van der Waals surface area contributed by atoms with Crippen LogP contribution in [-0.4, -0.2) is 41.0 Å². The Kier molecular flexibility index (Phi) is 7.28. The Morgan fingerprint density at radius 3 is 2.57 bits per heavy atom. The molecule has 1 saturated heterocycles. The quantitative estimate of drug-likeness (QED) is 0.663. The molecule has 1 aliphatic heterocycles. The number of urea groups is 1. The van der Waals surface area contributed by atoms with Crippen molar-refractivity contribution in [2.24, 2.45) is 5.92 Å². The zero-order valence-electron chi connectivity index (χ0n) is 16.5. The minimum atomic E-state index is -0.641. The molecule has 10 nitrogen and oxygen atoms in total. The normalized spacial score (nSPS) is 13.9. The van der Waals surface area contributed by atoms with Gasteiger partial charge in [-0.1, -0.05) is 6.92 Å². The van der Waals surface area contributed by atoms with Gasteiger partial charge in [0.15, 0.2) is 0 Å². The van der Waals surface area contributed by atoms with E-state index >= 15 is 0 Å². The number of anilines is 2. The third-order valence-corrected chi connectivity index (χ3v) is 4.36. The highest BCUT2D eigenvalue weighted by atomic mass is 16.5. The molecule has 30 heavy (non-hydrogen) atoms. The third kappa shape index (κ3) is 6.24. The Balaban J connectivity index is 1.52. The lowest BCUT2D eigenvalue weighted by Crippen LogP contribution is -2.40. The SMILES string of the molecule is CCC(=O)Nc1cc(Oc2ccc(NC(=O)NC(=O)C3CCOCC3)nc2)ccn1. The number of amides is 4. The van der Waals surface area contributed by atoms with Gasteiger partial charge in [0.1, 0.15) is 23.1 Å². The van der Waals surface area contributed by atoms with Crippen LogP contribution < -0.4 is 20.7 Å². The van der Waals surface area contributed by atoms with Gasteiger partial charge in [0.25, 0.3) is 0 Å². The number of ether oxygens (including phenoxy) is 2. The van der Waals surface area contributed by atoms with Crippen molar-refractivity contribution in [3.63, 3.8) is 0 Å². The predicted molar refractivity (Wildman–Crippen MR) is 108 cm³/mol. The molecule has 2 aromatic rings. The van der Waals surface area contributed by atoms with E-state index in [1.54, 1.807) is 31.2 Å². The highest BCUT2D eigenvalue weighted by molar-refractivity contribution is 6.01. The van der Waals surface area contributed by atoms with Crippen LogP contribution >= 0.6 is 0 Å². The number of imide groups is 1. The van der Waals surface area contributed by atoms with Gasteiger partial charge in [-0.2, -0.15) is 0 Å². The molecule has 0 aliphatic carbocycles. The van der Waals surface area contributed by atoms with Crippen LogP contribution in [0.15, 0.2) is 36.7 Å². The molecule has 0 atom stereocenters. The number of aromatic nitrogens is 2. The summed E-state index contributed by atoms with van der Waals surface area (Å²) in [7, 11) is 0. The van der Waals surface area contributed by atoms with E-state index in [9.17, 15) is 14.4 Å². The number of hydrogen-bond donors (Lipinski definition) is 3. The van der Waals surface area contributed by atoms with Gasteiger partial charge in [-0.3, -0.25) is 20.2 Å². The fourth-order valence-electron chi connectivity index (χ4n) is 2.75. The van der Waals surface area contributed by atoms with Gasteiger partial charge in [0, 0.05) is 37.8 Å². The first kappa shape index (κ1) is 21.2. The van der Waals surface area contributed by atoms with E-state index in [0.29, 0.717) is 49.8 Å². The largest absolute Gasteiger partial charge is 0.456 e. The number of carbonyl (C=O) groups excluding carboxylic acids is 3. The monoisotopic (exact) mass is 413 g/mol. The topological polar surface area (TPSA) is 132 Å². The van der Waals surface area contributed by atoms with E-state index in [2.05, 4.69) is 25.9 Å². The summed E-state index contributed by atoms with van der Waals surface area (Å²) in [6.07, 6.45) is 4.49. The van der Waals surface area contributed by atoms with Crippen LogP contribution in [0, 0.1) is 5.92 Å². The summed E-state index contributed by atoms with van der Waals surface area (Å²) in [6, 6.07) is 5.76. The summed E-state index contributed by atoms with van der Waals surface area (Å²) in [4.78, 5) is 43.7. The average Bonchev–Trinajstić information content (AvgIpc) is 2.76. The van der Waals surface area contributed by atoms with Gasteiger partial charge in [-0.15, -0.1) is 0 Å². The van der Waals surface area contributed by atoms with E-state index in [4.69, 9.17) is 9.47 Å². The molecule has 0 aromatic carbocycles. The van der Waals surface area contributed by atoms with E-state index in [1.165, 1.54) is 12.4 Å². The Bertz CT molecular complexity index is 897. The second kappa shape index (κ2) is 10.3. The maximum Gasteiger partial charge on any atom is 0.327 e. The number of nitrogens with one attached hydrogen (secondary N) is 3. The van der Waals surface area contributed by atoms with Crippen molar-refractivity contribution >= 4 is 29.5 Å². The van der Waals surface area contributed by atoms with Crippen molar-refractivity contribution in [2.75, 3.05) is 23.8 Å².